The van der Waals surface area contributed by atoms with Gasteiger partial charge in [0.15, 0.2) is 11.6 Å². The van der Waals surface area contributed by atoms with Crippen molar-refractivity contribution in [1.82, 2.24) is 5.32 Å². The van der Waals surface area contributed by atoms with Crippen LogP contribution in [0.25, 0.3) is 0 Å². The van der Waals surface area contributed by atoms with E-state index in [0.717, 1.165) is 5.56 Å². The molecule has 2 aliphatic carbocycles. The monoisotopic (exact) mass is 1110 g/mol. The summed E-state index contributed by atoms with van der Waals surface area (Å²) < 4.78 is 27.7. The Morgan fingerprint density at radius 3 is 1.95 bits per heavy atom. The molecule has 10 nitrogen and oxygen atoms in total. The predicted octanol–water partition coefficient (Wildman–Crippen LogP) is 1.71. The van der Waals surface area contributed by atoms with E-state index in [9.17, 15) is 15.0 Å². The van der Waals surface area contributed by atoms with Gasteiger partial charge in [-0.3, -0.25) is 0 Å². The molecule has 0 unspecified atom stereocenters. The summed E-state index contributed by atoms with van der Waals surface area (Å²) >= 11 is 9.54. The van der Waals surface area contributed by atoms with Gasteiger partial charge < -0.3 is 44.9 Å². The van der Waals surface area contributed by atoms with E-state index in [1.807, 2.05) is 44.2 Å². The molecule has 226 valence electrons. The number of carbonyl (C=O) groups is 1. The Morgan fingerprint density at radius 2 is 1.41 bits per heavy atom. The number of fused-ring (bicyclic) bond motifs is 2. The Balaban J connectivity index is 0.000000263. The van der Waals surface area contributed by atoms with E-state index < -0.39 is 36.0 Å². The van der Waals surface area contributed by atoms with E-state index in [2.05, 4.69) is 79.8 Å². The third kappa shape index (κ3) is 11.4. The third-order valence-corrected chi connectivity index (χ3v) is 6.43. The molecule has 8 atom stereocenters. The summed E-state index contributed by atoms with van der Waals surface area (Å²) in [6, 6.07) is 9.05. The Bertz CT molecular complexity index is 869. The number of aliphatic hydroxyl groups excluding tert-OH is 2. The molecular formula is C24H36I5N2O8-. The number of amides is 1. The second-order valence-electron chi connectivity index (χ2n) is 10.3. The molecular weight excluding hydrogens is 1080 g/mol. The van der Waals surface area contributed by atoms with Crippen molar-refractivity contribution in [2.24, 2.45) is 5.73 Å². The number of alkyl carbamates (subject to hydrolysis) is 1. The van der Waals surface area contributed by atoms with Gasteiger partial charge in [-0.1, -0.05) is 30.3 Å². The number of benzene rings is 1. The van der Waals surface area contributed by atoms with Crippen molar-refractivity contribution in [3.8, 4) is 0 Å². The van der Waals surface area contributed by atoms with E-state index in [-0.39, 0.29) is 37.0 Å². The van der Waals surface area contributed by atoms with Crippen molar-refractivity contribution in [1.29, 1.82) is 0 Å². The molecule has 2 saturated carbocycles. The summed E-state index contributed by atoms with van der Waals surface area (Å²) in [6.45, 7) is 7.47. The van der Waals surface area contributed by atoms with E-state index >= 15 is 0 Å². The van der Waals surface area contributed by atoms with Crippen LogP contribution < -0.4 is 24.3 Å². The molecule has 2 saturated heterocycles. The predicted molar refractivity (Wildman–Crippen MR) is 177 cm³/mol. The molecule has 1 aromatic rings. The van der Waals surface area contributed by atoms with E-state index in [1.54, 1.807) is 13.8 Å². The second kappa shape index (κ2) is 17.4. The van der Waals surface area contributed by atoms with E-state index in [1.165, 1.54) is 0 Å². The quantitative estimate of drug-likeness (QED) is 0.334. The number of nitrogens with one attached hydrogen (secondary N) is 1. The number of hydrogen-bond donors (Lipinski definition) is 4. The fraction of sp³-hybridized carbons (Fsp3) is 0.708. The molecule has 5 N–H and O–H groups in total. The van der Waals surface area contributed by atoms with Gasteiger partial charge in [0.2, 0.25) is 0 Å². The first kappa shape index (κ1) is 37.0. The zero-order valence-electron chi connectivity index (χ0n) is 21.9. The van der Waals surface area contributed by atoms with Crippen LogP contribution in [0.4, 0.5) is 4.79 Å². The van der Waals surface area contributed by atoms with Gasteiger partial charge in [-0.2, -0.15) is 0 Å². The van der Waals surface area contributed by atoms with Crippen LogP contribution in [0.15, 0.2) is 30.3 Å². The minimum absolute atomic E-state index is 0.0909. The molecule has 2 aliphatic heterocycles. The number of rotatable bonds is 3. The summed E-state index contributed by atoms with van der Waals surface area (Å²) in [5, 5.41) is 22.3. The number of ether oxygens (including phenoxy) is 5. The van der Waals surface area contributed by atoms with E-state index in [4.69, 9.17) is 29.4 Å². The number of halogens is 5. The first-order valence-electron chi connectivity index (χ1n) is 12.2. The fourth-order valence-electron chi connectivity index (χ4n) is 5.00. The van der Waals surface area contributed by atoms with Crippen LogP contribution in [0.1, 0.15) is 46.1 Å². The first-order valence-corrected chi connectivity index (χ1v) is 31.0. The summed E-state index contributed by atoms with van der Waals surface area (Å²) in [6.07, 6.45) is -1.78. The first-order chi connectivity index (χ1) is 18.4. The second-order valence-corrected chi connectivity index (χ2v) is 26.5. The Kier molecular flexibility index (Phi) is 16.5. The molecule has 15 heteroatoms. The molecule has 0 radical (unpaired) electrons. The van der Waals surface area contributed by atoms with Gasteiger partial charge in [0, 0.05) is 43.3 Å². The number of aliphatic hydroxyl groups is 2. The van der Waals surface area contributed by atoms with Crippen LogP contribution in [0.2, 0.25) is 0 Å². The van der Waals surface area contributed by atoms with Gasteiger partial charge in [-0.15, -0.1) is 0 Å². The Labute approximate surface area is 283 Å². The van der Waals surface area contributed by atoms with Gasteiger partial charge in [0.05, 0.1) is 18.2 Å². The van der Waals surface area contributed by atoms with Crippen LogP contribution >= 0.6 is 74.5 Å². The number of carbonyl (C=O) groups excluding carboxylic acids is 1. The van der Waals surface area contributed by atoms with Crippen LogP contribution in [0.5, 0.6) is 0 Å². The molecule has 1 amide bonds. The molecule has 5 rings (SSSR count). The SMILES string of the molecule is CC1(C)O[C@@H]2[C@H](O1)[C@@H](O)C[C@H]2N.CC1(C)O[C@@H]2[C@H](O1)[C@@H](O)C[C@H]2NC(=O)OCc1ccccc1.II.I[I-]I. The summed E-state index contributed by atoms with van der Waals surface area (Å²) in [5.74, 6) is -1.33. The van der Waals surface area contributed by atoms with Crippen molar-refractivity contribution < 1.29 is 51.9 Å². The van der Waals surface area contributed by atoms with Gasteiger partial charge >= 0.3 is 56.6 Å². The molecule has 39 heavy (non-hydrogen) atoms. The summed E-state index contributed by atoms with van der Waals surface area (Å²) in [4.78, 5) is 11.9. The van der Waals surface area contributed by atoms with Crippen LogP contribution in [-0.2, 0) is 30.3 Å². The topological polar surface area (TPSA) is 142 Å². The minimum atomic E-state index is -0.745. The van der Waals surface area contributed by atoms with Crippen molar-refractivity contribution in [2.45, 2.75) is 107 Å². The molecule has 4 aliphatic rings. The third-order valence-electron chi connectivity index (χ3n) is 6.43. The molecule has 1 aromatic carbocycles. The summed E-state index contributed by atoms with van der Waals surface area (Å²) in [7, 11) is 0. The maximum atomic E-state index is 11.9. The summed E-state index contributed by atoms with van der Waals surface area (Å²) in [5.41, 5.74) is 6.69. The van der Waals surface area contributed by atoms with Gasteiger partial charge in [0.25, 0.3) is 0 Å². The van der Waals surface area contributed by atoms with Gasteiger partial charge in [-0.05, 0) is 46.1 Å². The average Bonchev–Trinajstić information content (AvgIpc) is 3.55. The van der Waals surface area contributed by atoms with Crippen LogP contribution in [0.3, 0.4) is 0 Å². The maximum absolute atomic E-state index is 11.9. The van der Waals surface area contributed by atoms with E-state index in [0.29, 0.717) is 26.1 Å². The fourth-order valence-corrected chi connectivity index (χ4v) is 5.00. The van der Waals surface area contributed by atoms with Crippen molar-refractivity contribution in [3.63, 3.8) is 0 Å². The average molecular weight is 1120 g/mol. The normalized spacial score (nSPS) is 34.7. The van der Waals surface area contributed by atoms with Crippen LogP contribution in [0, 0.1) is 0 Å². The molecule has 0 bridgehead atoms. The van der Waals surface area contributed by atoms with Gasteiger partial charge in [-0.25, -0.2) is 4.79 Å². The standard InChI is InChI=1S/C16H21NO5.C8H15NO3.I3.I2/c1-16(2)21-13-11(8-12(18)14(13)22-16)17-15(19)20-9-10-6-4-3-5-7-10;1-8(2)11-6-4(9)3-5(10)7(6)12-8;1-3-2;1-2/h3-7,11-14,18H,8-9H2,1-2H3,(H,17,19);4-7,10H,3,9H2,1-2H3;;/q;;-1;/t11-,12+,13+,14-;4-,5+,6+,7-;;/m11../s1. The molecule has 2 heterocycles. The zero-order chi connectivity index (χ0) is 29.4. The van der Waals surface area contributed by atoms with Crippen LogP contribution in [-0.4, -0.2) is 76.6 Å². The van der Waals surface area contributed by atoms with Crippen molar-refractivity contribution in [2.75, 3.05) is 0 Å². The van der Waals surface area contributed by atoms with Gasteiger partial charge in [0.1, 0.15) is 31.0 Å². The molecule has 0 spiro atoms. The zero-order valence-corrected chi connectivity index (χ0v) is 32.7. The Hall–Kier alpha value is 1.86. The van der Waals surface area contributed by atoms with Crippen molar-refractivity contribution >= 4 is 80.6 Å². The Morgan fingerprint density at radius 1 is 0.949 bits per heavy atom. The number of nitrogens with two attached hydrogens (primary N) is 1. The number of hydrogen-bond acceptors (Lipinski definition) is 9. The molecule has 0 aromatic heterocycles. The molecule has 4 fully saturated rings. The van der Waals surface area contributed by atoms with Crippen molar-refractivity contribution in [3.05, 3.63) is 35.9 Å².